The zero-order valence-electron chi connectivity index (χ0n) is 19.2. The van der Waals surface area contributed by atoms with Crippen molar-refractivity contribution in [2.75, 3.05) is 6.54 Å². The van der Waals surface area contributed by atoms with Gasteiger partial charge in [-0.1, -0.05) is 24.3 Å². The number of nitrogens with zero attached hydrogens (tertiary/aromatic N) is 1. The number of likely N-dealkylation sites (tertiary alicyclic amines) is 1. The average Bonchev–Trinajstić information content (AvgIpc) is 3.08. The summed E-state index contributed by atoms with van der Waals surface area (Å²) in [6.07, 6.45) is -0.385. The van der Waals surface area contributed by atoms with Crippen molar-refractivity contribution in [3.8, 4) is 11.1 Å². The SMILES string of the molecule is Cc1cc(F)cc(-c2cccc(C[C@H]3[C@@H](NS(=N)(=O)C(F)(F)F)CCN3C(=O)C(C)(C)O)c2F)c1. The van der Waals surface area contributed by atoms with E-state index >= 15 is 4.39 Å². The standard InChI is InChI=1S/C23H26F5N3O3S/c1-13-9-15(11-16(24)10-13)17-6-4-5-14(20(17)25)12-19-18(30-35(29,34)23(26,27)28)7-8-31(19)21(32)22(2,3)33/h4-6,9-11,18-19,33H,7-8,12H2,1-3H3,(H2,29,30,34)/t18-,19-,35?/m0/s1. The van der Waals surface area contributed by atoms with E-state index in [4.69, 9.17) is 4.78 Å². The van der Waals surface area contributed by atoms with Crippen molar-refractivity contribution < 1.29 is 36.1 Å². The number of aryl methyl sites for hydroxylation is 1. The highest BCUT2D eigenvalue weighted by Gasteiger charge is 2.48. The Bertz CT molecular complexity index is 1210. The summed E-state index contributed by atoms with van der Waals surface area (Å²) in [5.74, 6) is -2.11. The third-order valence-corrected chi connectivity index (χ3v) is 7.12. The van der Waals surface area contributed by atoms with Gasteiger partial charge < -0.3 is 10.0 Å². The summed E-state index contributed by atoms with van der Waals surface area (Å²) >= 11 is 0. The number of hydrogen-bond donors (Lipinski definition) is 3. The van der Waals surface area contributed by atoms with Crippen LogP contribution in [0.4, 0.5) is 22.0 Å². The molecule has 3 rings (SSSR count). The molecule has 3 N–H and O–H groups in total. The number of halogens is 5. The largest absolute Gasteiger partial charge is 0.492 e. The van der Waals surface area contributed by atoms with Crippen LogP contribution in [0.1, 0.15) is 31.4 Å². The summed E-state index contributed by atoms with van der Waals surface area (Å²) in [4.78, 5) is 13.9. The highest BCUT2D eigenvalue weighted by Crippen LogP contribution is 2.32. The van der Waals surface area contributed by atoms with E-state index in [0.717, 1.165) is 11.0 Å². The fourth-order valence-corrected chi connectivity index (χ4v) is 5.04. The normalized spacial score (nSPS) is 20.7. The summed E-state index contributed by atoms with van der Waals surface area (Å²) in [5.41, 5.74) is -6.31. The number of benzene rings is 2. The van der Waals surface area contributed by atoms with Crippen LogP contribution in [-0.4, -0.2) is 49.9 Å². The van der Waals surface area contributed by atoms with Crippen molar-refractivity contribution in [3.05, 3.63) is 59.2 Å². The third kappa shape index (κ3) is 5.81. The Balaban J connectivity index is 2.02. The van der Waals surface area contributed by atoms with Crippen molar-refractivity contribution in [1.29, 1.82) is 4.78 Å². The molecule has 6 nitrogen and oxygen atoms in total. The molecule has 1 amide bonds. The van der Waals surface area contributed by atoms with Crippen LogP contribution < -0.4 is 4.72 Å². The molecule has 0 saturated carbocycles. The van der Waals surface area contributed by atoms with E-state index in [0.29, 0.717) is 5.56 Å². The van der Waals surface area contributed by atoms with Gasteiger partial charge >= 0.3 is 5.51 Å². The zero-order valence-corrected chi connectivity index (χ0v) is 20.1. The molecule has 192 valence electrons. The van der Waals surface area contributed by atoms with E-state index < -0.39 is 50.6 Å². The lowest BCUT2D eigenvalue weighted by Gasteiger charge is -2.33. The van der Waals surface area contributed by atoms with Crippen LogP contribution in [0, 0.1) is 23.3 Å². The molecule has 1 unspecified atom stereocenters. The average molecular weight is 520 g/mol. The molecule has 1 saturated heterocycles. The van der Waals surface area contributed by atoms with Crippen LogP contribution in [0.15, 0.2) is 36.4 Å². The molecule has 2 aromatic rings. The first kappa shape index (κ1) is 27.0. The minimum Gasteiger partial charge on any atom is -0.381 e. The Kier molecular flexibility index (Phi) is 7.31. The topological polar surface area (TPSA) is 93.5 Å². The predicted octanol–water partition coefficient (Wildman–Crippen LogP) is 4.29. The number of aliphatic hydroxyl groups is 1. The minimum atomic E-state index is -5.36. The van der Waals surface area contributed by atoms with Gasteiger partial charge in [-0.15, -0.1) is 0 Å². The lowest BCUT2D eigenvalue weighted by Crippen LogP contribution is -2.53. The second kappa shape index (κ2) is 9.47. The molecule has 0 bridgehead atoms. The molecule has 0 aliphatic carbocycles. The number of carbonyl (C=O) groups is 1. The van der Waals surface area contributed by atoms with Crippen LogP contribution in [0.25, 0.3) is 11.1 Å². The maximum atomic E-state index is 15.5. The molecule has 1 aliphatic heterocycles. The van der Waals surface area contributed by atoms with E-state index in [1.54, 1.807) is 17.7 Å². The van der Waals surface area contributed by atoms with E-state index in [1.807, 2.05) is 0 Å². The van der Waals surface area contributed by atoms with Crippen LogP contribution in [0.2, 0.25) is 0 Å². The molecule has 12 heteroatoms. The van der Waals surface area contributed by atoms with Crippen molar-refractivity contribution in [1.82, 2.24) is 9.62 Å². The lowest BCUT2D eigenvalue weighted by atomic mass is 9.95. The highest BCUT2D eigenvalue weighted by atomic mass is 32.2. The first-order valence-corrected chi connectivity index (χ1v) is 12.3. The molecule has 1 aliphatic rings. The van der Waals surface area contributed by atoms with Gasteiger partial charge in [-0.3, -0.25) is 4.79 Å². The van der Waals surface area contributed by atoms with Crippen LogP contribution in [0.3, 0.4) is 0 Å². The first-order chi connectivity index (χ1) is 16.0. The molecule has 1 fully saturated rings. The number of carbonyl (C=O) groups excluding carboxylic acids is 1. The Morgan fingerprint density at radius 3 is 2.46 bits per heavy atom. The van der Waals surface area contributed by atoms with Crippen molar-refractivity contribution in [2.45, 2.75) is 56.8 Å². The molecule has 2 aromatic carbocycles. The molecule has 1 heterocycles. The van der Waals surface area contributed by atoms with Gasteiger partial charge in [0.05, 0.1) is 6.04 Å². The monoisotopic (exact) mass is 519 g/mol. The van der Waals surface area contributed by atoms with Crippen molar-refractivity contribution >= 4 is 15.8 Å². The number of alkyl halides is 3. The van der Waals surface area contributed by atoms with Crippen LogP contribution in [-0.2, 0) is 21.1 Å². The second-order valence-corrected chi connectivity index (χ2v) is 11.0. The summed E-state index contributed by atoms with van der Waals surface area (Å²) in [5, 5.41) is 10.2. The van der Waals surface area contributed by atoms with E-state index in [1.165, 1.54) is 38.1 Å². The summed E-state index contributed by atoms with van der Waals surface area (Å²) in [6, 6.07) is 5.92. The van der Waals surface area contributed by atoms with E-state index in [-0.39, 0.29) is 36.1 Å². The molecular weight excluding hydrogens is 493 g/mol. The molecular formula is C23H26F5N3O3S. The Morgan fingerprint density at radius 2 is 1.89 bits per heavy atom. The molecule has 3 atom stereocenters. The Morgan fingerprint density at radius 1 is 1.23 bits per heavy atom. The number of hydrogen-bond acceptors (Lipinski definition) is 4. The Labute approximate surface area is 200 Å². The van der Waals surface area contributed by atoms with Gasteiger partial charge in [-0.05, 0) is 62.4 Å². The number of rotatable bonds is 6. The summed E-state index contributed by atoms with van der Waals surface area (Å²) in [7, 11) is -5.25. The molecule has 35 heavy (non-hydrogen) atoms. The Hall–Kier alpha value is -2.57. The van der Waals surface area contributed by atoms with Gasteiger partial charge in [0.15, 0.2) is 0 Å². The quantitative estimate of drug-likeness (QED) is 0.497. The van der Waals surface area contributed by atoms with Gasteiger partial charge in [0.2, 0.25) is 9.92 Å². The van der Waals surface area contributed by atoms with Gasteiger partial charge in [0, 0.05) is 18.2 Å². The fourth-order valence-electron chi connectivity index (χ4n) is 4.20. The predicted molar refractivity (Wildman–Crippen MR) is 120 cm³/mol. The van der Waals surface area contributed by atoms with Crippen LogP contribution >= 0.6 is 0 Å². The lowest BCUT2D eigenvalue weighted by molar-refractivity contribution is -0.148. The van der Waals surface area contributed by atoms with Crippen LogP contribution in [0.5, 0.6) is 0 Å². The maximum Gasteiger partial charge on any atom is 0.492 e. The number of amides is 1. The maximum absolute atomic E-state index is 15.5. The van der Waals surface area contributed by atoms with Crippen molar-refractivity contribution in [2.24, 2.45) is 0 Å². The summed E-state index contributed by atoms with van der Waals surface area (Å²) in [6.45, 7) is 3.97. The third-order valence-electron chi connectivity index (χ3n) is 5.83. The molecule has 0 spiro atoms. The molecule has 0 radical (unpaired) electrons. The van der Waals surface area contributed by atoms with Gasteiger partial charge in [-0.2, -0.15) is 13.2 Å². The van der Waals surface area contributed by atoms with Crippen molar-refractivity contribution in [3.63, 3.8) is 0 Å². The van der Waals surface area contributed by atoms with E-state index in [2.05, 4.69) is 0 Å². The fraction of sp³-hybridized carbons (Fsp3) is 0.435. The molecule has 0 aromatic heterocycles. The van der Waals surface area contributed by atoms with Gasteiger partial charge in [0.1, 0.15) is 17.2 Å². The first-order valence-electron chi connectivity index (χ1n) is 10.7. The van der Waals surface area contributed by atoms with Gasteiger partial charge in [-0.25, -0.2) is 22.5 Å². The zero-order chi connectivity index (χ0) is 26.3. The van der Waals surface area contributed by atoms with Gasteiger partial charge in [0.25, 0.3) is 5.91 Å². The number of nitrogens with one attached hydrogen (secondary N) is 2. The smallest absolute Gasteiger partial charge is 0.381 e. The summed E-state index contributed by atoms with van der Waals surface area (Å²) < 4.78 is 89.8. The second-order valence-electron chi connectivity index (χ2n) is 9.14. The highest BCUT2D eigenvalue weighted by molar-refractivity contribution is 7.91. The van der Waals surface area contributed by atoms with E-state index in [9.17, 15) is 31.7 Å². The minimum absolute atomic E-state index is 0.0279.